The second kappa shape index (κ2) is 6.15. The molecule has 2 heterocycles. The molecule has 1 saturated heterocycles. The van der Waals surface area contributed by atoms with E-state index in [4.69, 9.17) is 0 Å². The van der Waals surface area contributed by atoms with E-state index in [0.29, 0.717) is 6.04 Å². The quantitative estimate of drug-likeness (QED) is 0.889. The highest BCUT2D eigenvalue weighted by atomic mass is 15.3. The molecule has 0 radical (unpaired) electrons. The average Bonchev–Trinajstić information content (AvgIpc) is 3.07. The van der Waals surface area contributed by atoms with E-state index >= 15 is 0 Å². The van der Waals surface area contributed by atoms with E-state index in [-0.39, 0.29) is 0 Å². The van der Waals surface area contributed by atoms with E-state index in [2.05, 4.69) is 53.2 Å². The summed E-state index contributed by atoms with van der Waals surface area (Å²) in [7, 11) is 0. The number of hydrogen-bond donors (Lipinski definition) is 1. The van der Waals surface area contributed by atoms with Crippen LogP contribution in [0.3, 0.4) is 0 Å². The first kappa shape index (κ1) is 13.9. The van der Waals surface area contributed by atoms with Crippen molar-refractivity contribution >= 4 is 5.69 Å². The van der Waals surface area contributed by atoms with Crippen LogP contribution in [0.15, 0.2) is 24.3 Å². The normalized spacial score (nSPS) is 25.9. The van der Waals surface area contributed by atoms with Crippen LogP contribution in [-0.4, -0.2) is 54.6 Å². The topological polar surface area (TPSA) is 18.5 Å². The van der Waals surface area contributed by atoms with Gasteiger partial charge in [0.15, 0.2) is 0 Å². The van der Waals surface area contributed by atoms with Crippen molar-refractivity contribution in [3.05, 3.63) is 29.8 Å². The number of nitrogens with zero attached hydrogens (tertiary/aromatic N) is 2. The summed E-state index contributed by atoms with van der Waals surface area (Å²) in [6.07, 6.45) is 2.52. The zero-order valence-corrected chi connectivity index (χ0v) is 12.8. The van der Waals surface area contributed by atoms with Crippen molar-refractivity contribution in [1.29, 1.82) is 0 Å². The van der Waals surface area contributed by atoms with Crippen molar-refractivity contribution in [1.82, 2.24) is 9.80 Å². The molecule has 0 aromatic heterocycles. The predicted molar refractivity (Wildman–Crippen MR) is 85.3 cm³/mol. The minimum Gasteiger partial charge on any atom is -0.380 e. The Morgan fingerprint density at radius 2 is 2.05 bits per heavy atom. The Bertz CT molecular complexity index is 417. The third kappa shape index (κ3) is 2.84. The number of likely N-dealkylation sites (N-methyl/N-ethyl adjacent to an activating group) is 1. The number of fused-ring (bicyclic) bond motifs is 1. The maximum absolute atomic E-state index is 3.68. The number of rotatable bonds is 5. The molecule has 0 saturated carbocycles. The Kier molecular flexibility index (Phi) is 4.27. The number of likely N-dealkylation sites (tertiary alicyclic amines) is 1. The summed E-state index contributed by atoms with van der Waals surface area (Å²) in [5.41, 5.74) is 2.83. The predicted octanol–water partition coefficient (Wildman–Crippen LogP) is 2.44. The fourth-order valence-electron chi connectivity index (χ4n) is 3.81. The summed E-state index contributed by atoms with van der Waals surface area (Å²) in [5, 5.41) is 3.68. The third-order valence-electron chi connectivity index (χ3n) is 4.90. The maximum Gasteiger partial charge on any atom is 0.0429 e. The van der Waals surface area contributed by atoms with Crippen molar-refractivity contribution in [3.8, 4) is 0 Å². The Morgan fingerprint density at radius 1 is 1.25 bits per heavy atom. The molecule has 1 N–H and O–H groups in total. The SMILES string of the molecule is CCN(CC)C1CCN(CC2Cc3ccccc3N2)C1. The Balaban J connectivity index is 1.51. The summed E-state index contributed by atoms with van der Waals surface area (Å²) in [4.78, 5) is 5.25. The number of benzene rings is 1. The summed E-state index contributed by atoms with van der Waals surface area (Å²) in [6, 6.07) is 10.1. The Hall–Kier alpha value is -1.06. The fraction of sp³-hybridized carbons (Fsp3) is 0.647. The molecule has 2 atom stereocenters. The zero-order valence-electron chi connectivity index (χ0n) is 12.8. The van der Waals surface area contributed by atoms with E-state index in [1.807, 2.05) is 0 Å². The molecule has 110 valence electrons. The molecular weight excluding hydrogens is 246 g/mol. The van der Waals surface area contributed by atoms with Gasteiger partial charge in [-0.25, -0.2) is 0 Å². The molecule has 2 unspecified atom stereocenters. The van der Waals surface area contributed by atoms with Gasteiger partial charge in [0, 0.05) is 30.9 Å². The van der Waals surface area contributed by atoms with Crippen LogP contribution in [0.1, 0.15) is 25.8 Å². The van der Waals surface area contributed by atoms with E-state index in [1.165, 1.54) is 56.8 Å². The van der Waals surface area contributed by atoms with Crippen molar-refractivity contribution in [2.45, 2.75) is 38.8 Å². The van der Waals surface area contributed by atoms with Crippen LogP contribution < -0.4 is 5.32 Å². The molecule has 3 rings (SSSR count). The molecule has 3 heteroatoms. The lowest BCUT2D eigenvalue weighted by Gasteiger charge is -2.27. The molecule has 1 aromatic carbocycles. The van der Waals surface area contributed by atoms with Crippen molar-refractivity contribution in [2.24, 2.45) is 0 Å². The molecule has 0 bridgehead atoms. The van der Waals surface area contributed by atoms with Crippen molar-refractivity contribution in [3.63, 3.8) is 0 Å². The minimum absolute atomic E-state index is 0.600. The van der Waals surface area contributed by atoms with E-state index in [1.54, 1.807) is 0 Å². The number of anilines is 1. The Morgan fingerprint density at radius 3 is 2.80 bits per heavy atom. The lowest BCUT2D eigenvalue weighted by Crippen LogP contribution is -2.39. The highest BCUT2D eigenvalue weighted by molar-refractivity contribution is 5.56. The van der Waals surface area contributed by atoms with Gasteiger partial charge >= 0.3 is 0 Å². The lowest BCUT2D eigenvalue weighted by molar-refractivity contribution is 0.209. The molecule has 2 aliphatic heterocycles. The van der Waals surface area contributed by atoms with Gasteiger partial charge in [-0.3, -0.25) is 9.80 Å². The number of hydrogen-bond acceptors (Lipinski definition) is 3. The summed E-state index contributed by atoms with van der Waals surface area (Å²) >= 11 is 0. The first-order valence-corrected chi connectivity index (χ1v) is 8.11. The van der Waals surface area contributed by atoms with Gasteiger partial charge in [-0.05, 0) is 44.1 Å². The second-order valence-electron chi connectivity index (χ2n) is 6.13. The molecule has 2 aliphatic rings. The highest BCUT2D eigenvalue weighted by Crippen LogP contribution is 2.26. The molecule has 20 heavy (non-hydrogen) atoms. The van der Waals surface area contributed by atoms with Gasteiger partial charge in [-0.15, -0.1) is 0 Å². The smallest absolute Gasteiger partial charge is 0.0429 e. The molecule has 0 amide bonds. The van der Waals surface area contributed by atoms with Gasteiger partial charge < -0.3 is 5.32 Å². The van der Waals surface area contributed by atoms with Crippen molar-refractivity contribution in [2.75, 3.05) is 38.0 Å². The average molecular weight is 273 g/mol. The first-order chi connectivity index (χ1) is 9.80. The lowest BCUT2D eigenvalue weighted by atomic mass is 10.1. The molecule has 1 aromatic rings. The van der Waals surface area contributed by atoms with Crippen LogP contribution in [0.5, 0.6) is 0 Å². The van der Waals surface area contributed by atoms with Gasteiger partial charge in [0.05, 0.1) is 0 Å². The van der Waals surface area contributed by atoms with Gasteiger partial charge in [0.25, 0.3) is 0 Å². The van der Waals surface area contributed by atoms with Crippen LogP contribution >= 0.6 is 0 Å². The third-order valence-corrected chi connectivity index (χ3v) is 4.90. The Labute approximate surface area is 123 Å². The largest absolute Gasteiger partial charge is 0.380 e. The number of nitrogens with one attached hydrogen (secondary N) is 1. The van der Waals surface area contributed by atoms with Gasteiger partial charge in [0.1, 0.15) is 0 Å². The highest BCUT2D eigenvalue weighted by Gasteiger charge is 2.29. The molecule has 0 aliphatic carbocycles. The van der Waals surface area contributed by atoms with Crippen LogP contribution in [0.4, 0.5) is 5.69 Å². The van der Waals surface area contributed by atoms with Gasteiger partial charge in [0.2, 0.25) is 0 Å². The van der Waals surface area contributed by atoms with E-state index in [0.717, 1.165) is 6.04 Å². The molecule has 3 nitrogen and oxygen atoms in total. The summed E-state index contributed by atoms with van der Waals surface area (Å²) in [6.45, 7) is 10.6. The fourth-order valence-corrected chi connectivity index (χ4v) is 3.81. The van der Waals surface area contributed by atoms with Gasteiger partial charge in [-0.2, -0.15) is 0 Å². The molecule has 0 spiro atoms. The van der Waals surface area contributed by atoms with E-state index in [9.17, 15) is 0 Å². The minimum atomic E-state index is 0.600. The van der Waals surface area contributed by atoms with Crippen LogP contribution in [0.2, 0.25) is 0 Å². The number of para-hydroxylation sites is 1. The summed E-state index contributed by atoms with van der Waals surface area (Å²) in [5.74, 6) is 0. The summed E-state index contributed by atoms with van der Waals surface area (Å²) < 4.78 is 0. The van der Waals surface area contributed by atoms with Gasteiger partial charge in [-0.1, -0.05) is 32.0 Å². The monoisotopic (exact) mass is 273 g/mol. The van der Waals surface area contributed by atoms with Crippen LogP contribution in [0.25, 0.3) is 0 Å². The first-order valence-electron chi connectivity index (χ1n) is 8.11. The molecule has 1 fully saturated rings. The van der Waals surface area contributed by atoms with Crippen molar-refractivity contribution < 1.29 is 0 Å². The zero-order chi connectivity index (χ0) is 13.9. The molecular formula is C17H27N3. The second-order valence-corrected chi connectivity index (χ2v) is 6.13. The maximum atomic E-state index is 3.68. The van der Waals surface area contributed by atoms with E-state index < -0.39 is 0 Å². The van der Waals surface area contributed by atoms with Crippen LogP contribution in [0, 0.1) is 0 Å². The standard InChI is InChI=1S/C17H27N3/c1-3-20(4-2)16-9-10-19(13-16)12-15-11-14-7-5-6-8-17(14)18-15/h5-8,15-16,18H,3-4,9-13H2,1-2H3. The van der Waals surface area contributed by atoms with Crippen LogP contribution in [-0.2, 0) is 6.42 Å².